The van der Waals surface area contributed by atoms with Crippen LogP contribution in [0.5, 0.6) is 0 Å². The van der Waals surface area contributed by atoms with Crippen LogP contribution < -0.4 is 11.1 Å². The van der Waals surface area contributed by atoms with Crippen LogP contribution in [-0.2, 0) is 6.42 Å². The molecule has 0 bridgehead atoms. The SMILES string of the molecule is CCc1nnsc1C(=O)NC(C(N)=NO)c1ccccc1. The minimum Gasteiger partial charge on any atom is -0.409 e. The third-order valence-electron chi connectivity index (χ3n) is 2.92. The number of rotatable bonds is 5. The number of hydrogen-bond donors (Lipinski definition) is 3. The van der Waals surface area contributed by atoms with Crippen molar-refractivity contribution in [2.45, 2.75) is 19.4 Å². The van der Waals surface area contributed by atoms with Crippen molar-refractivity contribution in [3.05, 3.63) is 46.5 Å². The molecular weight excluding hydrogens is 290 g/mol. The summed E-state index contributed by atoms with van der Waals surface area (Å²) in [5.74, 6) is -0.438. The summed E-state index contributed by atoms with van der Waals surface area (Å²) in [6.07, 6.45) is 0.610. The molecule has 1 heterocycles. The van der Waals surface area contributed by atoms with Crippen molar-refractivity contribution in [3.63, 3.8) is 0 Å². The molecule has 1 unspecified atom stereocenters. The second-order valence-electron chi connectivity index (χ2n) is 4.24. The Morgan fingerprint density at radius 3 is 2.81 bits per heavy atom. The summed E-state index contributed by atoms with van der Waals surface area (Å²) in [6, 6.07) is 8.33. The van der Waals surface area contributed by atoms with E-state index >= 15 is 0 Å². The highest BCUT2D eigenvalue weighted by molar-refractivity contribution is 7.08. The van der Waals surface area contributed by atoms with E-state index in [1.54, 1.807) is 12.1 Å². The zero-order chi connectivity index (χ0) is 15.2. The third kappa shape index (κ3) is 3.34. The number of amides is 1. The number of oxime groups is 1. The molecule has 0 aliphatic rings. The van der Waals surface area contributed by atoms with Crippen LogP contribution in [0.2, 0.25) is 0 Å². The lowest BCUT2D eigenvalue weighted by molar-refractivity contribution is 0.0949. The molecule has 0 aliphatic carbocycles. The first kappa shape index (κ1) is 14.9. The number of carbonyl (C=O) groups is 1. The van der Waals surface area contributed by atoms with E-state index < -0.39 is 6.04 Å². The number of aryl methyl sites for hydroxylation is 1. The maximum Gasteiger partial charge on any atom is 0.265 e. The van der Waals surface area contributed by atoms with E-state index in [0.717, 1.165) is 17.1 Å². The van der Waals surface area contributed by atoms with Gasteiger partial charge in [0.2, 0.25) is 0 Å². The number of amidine groups is 1. The van der Waals surface area contributed by atoms with Gasteiger partial charge in [0.05, 0.1) is 5.69 Å². The van der Waals surface area contributed by atoms with Crippen LogP contribution in [-0.4, -0.2) is 26.5 Å². The molecule has 0 saturated heterocycles. The van der Waals surface area contributed by atoms with E-state index in [4.69, 9.17) is 10.9 Å². The van der Waals surface area contributed by atoms with Crippen molar-refractivity contribution < 1.29 is 10.0 Å². The summed E-state index contributed by atoms with van der Waals surface area (Å²) in [6.45, 7) is 1.89. The fourth-order valence-corrected chi connectivity index (χ4v) is 2.49. The Kier molecular flexibility index (Phi) is 4.83. The second kappa shape index (κ2) is 6.80. The van der Waals surface area contributed by atoms with Crippen LogP contribution in [0.1, 0.15) is 33.9 Å². The number of nitrogens with one attached hydrogen (secondary N) is 1. The van der Waals surface area contributed by atoms with Crippen molar-refractivity contribution in [1.29, 1.82) is 0 Å². The predicted molar refractivity (Wildman–Crippen MR) is 79.3 cm³/mol. The summed E-state index contributed by atoms with van der Waals surface area (Å²) in [7, 11) is 0. The van der Waals surface area contributed by atoms with Gasteiger partial charge >= 0.3 is 0 Å². The number of nitrogens with zero attached hydrogens (tertiary/aromatic N) is 3. The van der Waals surface area contributed by atoms with Gasteiger partial charge in [0, 0.05) is 0 Å². The van der Waals surface area contributed by atoms with Crippen molar-refractivity contribution in [1.82, 2.24) is 14.9 Å². The monoisotopic (exact) mass is 305 g/mol. The van der Waals surface area contributed by atoms with Crippen LogP contribution in [0.3, 0.4) is 0 Å². The maximum atomic E-state index is 12.3. The largest absolute Gasteiger partial charge is 0.409 e. The maximum absolute atomic E-state index is 12.3. The van der Waals surface area contributed by atoms with Gasteiger partial charge in [-0.25, -0.2) is 0 Å². The zero-order valence-corrected chi connectivity index (χ0v) is 12.2. The molecule has 1 aromatic heterocycles. The number of nitrogens with two attached hydrogens (primary N) is 1. The van der Waals surface area contributed by atoms with E-state index in [1.165, 1.54) is 0 Å². The Hall–Kier alpha value is -2.48. The molecular formula is C13H15N5O2S. The molecule has 110 valence electrons. The summed E-state index contributed by atoms with van der Waals surface area (Å²) >= 11 is 1.02. The first-order valence-electron chi connectivity index (χ1n) is 6.31. The number of aromatic nitrogens is 2. The van der Waals surface area contributed by atoms with Crippen LogP contribution >= 0.6 is 11.5 Å². The Morgan fingerprint density at radius 2 is 2.19 bits per heavy atom. The second-order valence-corrected chi connectivity index (χ2v) is 5.00. The molecule has 1 amide bonds. The Bertz CT molecular complexity index is 641. The average molecular weight is 305 g/mol. The highest BCUT2D eigenvalue weighted by Crippen LogP contribution is 2.16. The van der Waals surface area contributed by atoms with Gasteiger partial charge in [0.25, 0.3) is 5.91 Å². The first-order chi connectivity index (χ1) is 10.2. The van der Waals surface area contributed by atoms with Gasteiger partial charge in [-0.3, -0.25) is 4.79 Å². The Morgan fingerprint density at radius 1 is 1.48 bits per heavy atom. The summed E-state index contributed by atoms with van der Waals surface area (Å²) in [4.78, 5) is 12.8. The van der Waals surface area contributed by atoms with E-state index in [-0.39, 0.29) is 11.7 Å². The van der Waals surface area contributed by atoms with Gasteiger partial charge in [-0.2, -0.15) is 0 Å². The van der Waals surface area contributed by atoms with Gasteiger partial charge in [0.1, 0.15) is 10.9 Å². The highest BCUT2D eigenvalue weighted by Gasteiger charge is 2.22. The Labute approximate surface area is 125 Å². The van der Waals surface area contributed by atoms with E-state index in [1.807, 2.05) is 25.1 Å². The molecule has 0 saturated carbocycles. The molecule has 0 spiro atoms. The van der Waals surface area contributed by atoms with Crippen molar-refractivity contribution in [3.8, 4) is 0 Å². The van der Waals surface area contributed by atoms with Crippen LogP contribution in [0, 0.1) is 0 Å². The summed E-state index contributed by atoms with van der Waals surface area (Å²) < 4.78 is 3.78. The fraction of sp³-hybridized carbons (Fsp3) is 0.231. The summed E-state index contributed by atoms with van der Waals surface area (Å²) in [5, 5.41) is 18.5. The van der Waals surface area contributed by atoms with Gasteiger partial charge in [-0.1, -0.05) is 46.9 Å². The van der Waals surface area contributed by atoms with Crippen molar-refractivity contribution in [2.24, 2.45) is 10.9 Å². The standard InChI is InChI=1S/C13H15N5O2S/c1-2-9-11(21-18-16-9)13(19)15-10(12(14)17-20)8-6-4-3-5-7-8/h3-7,10,20H,2H2,1H3,(H2,14,17)(H,15,19). The number of benzene rings is 1. The van der Waals surface area contributed by atoms with E-state index in [0.29, 0.717) is 17.0 Å². The first-order valence-corrected chi connectivity index (χ1v) is 7.09. The predicted octanol–water partition coefficient (Wildman–Crippen LogP) is 1.32. The molecule has 1 atom stereocenters. The molecule has 4 N–H and O–H groups in total. The lowest BCUT2D eigenvalue weighted by Gasteiger charge is -2.17. The zero-order valence-electron chi connectivity index (χ0n) is 11.4. The summed E-state index contributed by atoms with van der Waals surface area (Å²) in [5.41, 5.74) is 7.03. The molecule has 1 aromatic carbocycles. The fourth-order valence-electron chi connectivity index (χ4n) is 1.84. The topological polar surface area (TPSA) is 113 Å². The molecule has 2 aromatic rings. The smallest absolute Gasteiger partial charge is 0.265 e. The molecule has 2 rings (SSSR count). The molecule has 21 heavy (non-hydrogen) atoms. The van der Waals surface area contributed by atoms with Gasteiger partial charge in [0.15, 0.2) is 5.84 Å². The van der Waals surface area contributed by atoms with Gasteiger partial charge < -0.3 is 16.3 Å². The van der Waals surface area contributed by atoms with Crippen LogP contribution in [0.15, 0.2) is 35.5 Å². The number of hydrogen-bond acceptors (Lipinski definition) is 6. The molecule has 8 heteroatoms. The minimum absolute atomic E-state index is 0.0925. The molecule has 0 radical (unpaired) electrons. The molecule has 7 nitrogen and oxygen atoms in total. The van der Waals surface area contributed by atoms with Crippen LogP contribution in [0.4, 0.5) is 0 Å². The minimum atomic E-state index is -0.712. The van der Waals surface area contributed by atoms with E-state index in [2.05, 4.69) is 20.1 Å². The van der Waals surface area contributed by atoms with Crippen molar-refractivity contribution in [2.75, 3.05) is 0 Å². The van der Waals surface area contributed by atoms with Crippen LogP contribution in [0.25, 0.3) is 0 Å². The lowest BCUT2D eigenvalue weighted by Crippen LogP contribution is -2.37. The van der Waals surface area contributed by atoms with Crippen molar-refractivity contribution >= 4 is 23.3 Å². The normalized spacial score (nSPS) is 12.9. The lowest BCUT2D eigenvalue weighted by atomic mass is 10.1. The van der Waals surface area contributed by atoms with Gasteiger partial charge in [-0.05, 0) is 23.5 Å². The average Bonchev–Trinajstić information content (AvgIpc) is 3.01. The highest BCUT2D eigenvalue weighted by atomic mass is 32.1. The van der Waals surface area contributed by atoms with E-state index in [9.17, 15) is 4.79 Å². The Balaban J connectivity index is 2.26. The third-order valence-corrected chi connectivity index (χ3v) is 3.68. The number of carbonyl (C=O) groups excluding carboxylic acids is 1. The molecule has 0 fully saturated rings. The van der Waals surface area contributed by atoms with Gasteiger partial charge in [-0.15, -0.1) is 5.10 Å². The quantitative estimate of drug-likeness (QED) is 0.334. The molecule has 0 aliphatic heterocycles.